The number of nitrogens with zero attached hydrogens (tertiary/aromatic N) is 9. The number of anilines is 3. The van der Waals surface area contributed by atoms with Crippen molar-refractivity contribution in [1.29, 1.82) is 0 Å². The van der Waals surface area contributed by atoms with Crippen molar-refractivity contribution < 1.29 is 115 Å². The number of rotatable bonds is 25. The molecular formula is C102H101BrF9N9O16S. The van der Waals surface area contributed by atoms with Gasteiger partial charge in [-0.15, -0.1) is 11.3 Å². The summed E-state index contributed by atoms with van der Waals surface area (Å²) in [5.41, 5.74) is 10.0. The molecule has 0 N–H and O–H groups in total. The number of esters is 3. The van der Waals surface area contributed by atoms with Crippen LogP contribution in [0.15, 0.2) is 161 Å². The molecule has 138 heavy (non-hydrogen) atoms. The molecule has 5 aromatic heterocycles. The van der Waals surface area contributed by atoms with Crippen molar-refractivity contribution in [1.82, 2.24) is 29.7 Å². The van der Waals surface area contributed by atoms with Gasteiger partial charge in [-0.3, -0.25) is 19.5 Å². The molecule has 3 amide bonds. The Labute approximate surface area is 803 Å². The molecule has 6 aliphatic rings. The summed E-state index contributed by atoms with van der Waals surface area (Å²) in [6.45, 7) is 19.2. The van der Waals surface area contributed by atoms with Crippen LogP contribution in [-0.4, -0.2) is 166 Å². The molecule has 0 aliphatic carbocycles. The SMILES string of the molecule is COC(=O)CCc1ccc(OC)c(-c2c(CN3C(=O)O[C@H](c4cc(C)cc(C(F)(F)F)c4)[C@@H]3C)nc(N3CCC3)c(Br)c2C)c1.COC(=O)c1cc(C)c(-c2ccc(OC)c(-c3ccc(N4CCC4)nc3CN3C(=O)O[C@H](c4cc(C)cc(C(F)(F)F)c4)[C@@H]3C)c2)s1.COC(=O)c1ccc(-c2ccc(OC)c(-c3ccc(N4CCC4)nc3CN3C(=O)O[C@H](c4cc(C)cc(C(F)(F)F)c4)[C@@H]3C)c2)o1. The third-order valence-corrected chi connectivity index (χ3v) is 27.7. The number of methoxy groups -OCH3 is 6. The molecule has 0 saturated carbocycles. The van der Waals surface area contributed by atoms with E-state index in [0.29, 0.717) is 84.8 Å². The number of ether oxygens (including phenoxy) is 9. The van der Waals surface area contributed by atoms with Crippen LogP contribution in [0, 0.1) is 34.6 Å². The summed E-state index contributed by atoms with van der Waals surface area (Å²) in [7, 11) is 8.66. The number of aryl methyl sites for hydroxylation is 5. The zero-order valence-electron chi connectivity index (χ0n) is 78.0. The van der Waals surface area contributed by atoms with E-state index in [2.05, 4.69) is 30.6 Å². The summed E-state index contributed by atoms with van der Waals surface area (Å²) >= 11 is 5.10. The van der Waals surface area contributed by atoms with Crippen LogP contribution in [-0.2, 0) is 77.8 Å². The van der Waals surface area contributed by atoms with Crippen LogP contribution >= 0.6 is 27.3 Å². The molecule has 0 radical (unpaired) electrons. The number of carbonyl (C=O) groups excluding carboxylic acids is 6. The quantitative estimate of drug-likeness (QED) is 0.0293. The van der Waals surface area contributed by atoms with E-state index >= 15 is 0 Å². The van der Waals surface area contributed by atoms with Crippen LogP contribution in [0.1, 0.15) is 169 Å². The first-order chi connectivity index (χ1) is 65.6. The summed E-state index contributed by atoms with van der Waals surface area (Å²) in [6.07, 6.45) is -14.4. The minimum absolute atomic E-state index is 0.0338. The van der Waals surface area contributed by atoms with Crippen molar-refractivity contribution >= 4 is 80.9 Å². The number of alkyl halides is 9. The number of amides is 3. The van der Waals surface area contributed by atoms with Crippen LogP contribution in [0.4, 0.5) is 71.4 Å². The third kappa shape index (κ3) is 21.0. The Balaban J connectivity index is 0.000000157. The minimum Gasteiger partial charge on any atom is -0.496 e. The lowest BCUT2D eigenvalue weighted by atomic mass is 9.94. The minimum atomic E-state index is -4.54. The lowest BCUT2D eigenvalue weighted by Crippen LogP contribution is -2.38. The maximum absolute atomic E-state index is 13.6. The van der Waals surface area contributed by atoms with Crippen molar-refractivity contribution in [3.63, 3.8) is 0 Å². The number of pyridine rings is 3. The number of carbonyl (C=O) groups is 6. The molecule has 0 unspecified atom stereocenters. The van der Waals surface area contributed by atoms with Crippen LogP contribution in [0.2, 0.25) is 0 Å². The first-order valence-electron chi connectivity index (χ1n) is 44.6. The fourth-order valence-corrected chi connectivity index (χ4v) is 19.4. The summed E-state index contributed by atoms with van der Waals surface area (Å²) in [5, 5.41) is 0. The Morgan fingerprint density at radius 3 is 1.28 bits per heavy atom. The number of hydrogen-bond donors (Lipinski definition) is 0. The van der Waals surface area contributed by atoms with Crippen molar-refractivity contribution in [3.05, 3.63) is 251 Å². The van der Waals surface area contributed by atoms with Gasteiger partial charge in [0.25, 0.3) is 0 Å². The Bertz CT molecular complexity index is 6490. The summed E-state index contributed by atoms with van der Waals surface area (Å²) < 4.78 is 178. The first kappa shape index (κ1) is 99.1. The molecule has 6 saturated heterocycles. The molecule has 6 aliphatic heterocycles. The van der Waals surface area contributed by atoms with E-state index < -0.39 is 102 Å². The number of cyclic esters (lactones) is 3. The number of halogens is 10. The number of aromatic nitrogens is 3. The van der Waals surface area contributed by atoms with Gasteiger partial charge in [0.05, 0.1) is 119 Å². The second kappa shape index (κ2) is 40.7. The fraction of sp³-hybridized carbons (Fsp3) is 0.363. The van der Waals surface area contributed by atoms with Gasteiger partial charge in [0.15, 0.2) is 0 Å². The summed E-state index contributed by atoms with van der Waals surface area (Å²) in [4.78, 5) is 103. The van der Waals surface area contributed by atoms with E-state index in [1.165, 1.54) is 53.4 Å². The molecule has 6 aromatic carbocycles. The molecule has 726 valence electrons. The van der Waals surface area contributed by atoms with Gasteiger partial charge in [-0.2, -0.15) is 39.5 Å². The maximum Gasteiger partial charge on any atom is 0.416 e. The van der Waals surface area contributed by atoms with E-state index in [9.17, 15) is 68.3 Å². The molecule has 6 fully saturated rings. The first-order valence-corrected chi connectivity index (χ1v) is 46.2. The molecule has 25 nitrogen and oxygen atoms in total. The van der Waals surface area contributed by atoms with Crippen LogP contribution in [0.25, 0.3) is 55.1 Å². The zero-order valence-corrected chi connectivity index (χ0v) is 80.4. The predicted octanol–water partition coefficient (Wildman–Crippen LogP) is 23.2. The molecule has 0 bridgehead atoms. The normalized spacial score (nSPS) is 18.0. The van der Waals surface area contributed by atoms with Crippen molar-refractivity contribution in [2.45, 2.75) is 162 Å². The topological polar surface area (TPSA) is 257 Å². The van der Waals surface area contributed by atoms with E-state index in [1.807, 2.05) is 80.6 Å². The van der Waals surface area contributed by atoms with E-state index in [0.717, 1.165) is 166 Å². The second-order valence-corrected chi connectivity index (χ2v) is 36.5. The van der Waals surface area contributed by atoms with Gasteiger partial charge in [-0.05, 0) is 263 Å². The fourth-order valence-electron chi connectivity index (χ4n) is 17.7. The van der Waals surface area contributed by atoms with Gasteiger partial charge >= 0.3 is 54.7 Å². The van der Waals surface area contributed by atoms with Gasteiger partial charge in [-0.1, -0.05) is 41.0 Å². The molecule has 11 heterocycles. The van der Waals surface area contributed by atoms with E-state index in [1.54, 1.807) is 105 Å². The van der Waals surface area contributed by atoms with Crippen LogP contribution < -0.4 is 28.9 Å². The van der Waals surface area contributed by atoms with Crippen molar-refractivity contribution in [3.8, 4) is 72.4 Å². The zero-order chi connectivity index (χ0) is 99.0. The van der Waals surface area contributed by atoms with Gasteiger partial charge in [0.1, 0.15) is 63.7 Å². The molecule has 17 rings (SSSR count). The second-order valence-electron chi connectivity index (χ2n) is 34.7. The van der Waals surface area contributed by atoms with Gasteiger partial charge in [0, 0.05) is 89.5 Å². The molecule has 36 heteroatoms. The van der Waals surface area contributed by atoms with Gasteiger partial charge in [0.2, 0.25) is 5.76 Å². The van der Waals surface area contributed by atoms with Crippen LogP contribution in [0.3, 0.4) is 0 Å². The lowest BCUT2D eigenvalue weighted by Gasteiger charge is -2.34. The summed E-state index contributed by atoms with van der Waals surface area (Å²) in [6, 6.07) is 39.0. The Kier molecular flexibility index (Phi) is 29.3. The number of furan rings is 1. The van der Waals surface area contributed by atoms with E-state index in [4.69, 9.17) is 62.0 Å². The predicted molar refractivity (Wildman–Crippen MR) is 502 cm³/mol. The highest BCUT2D eigenvalue weighted by molar-refractivity contribution is 9.10. The molecule has 11 aromatic rings. The highest BCUT2D eigenvalue weighted by Crippen LogP contribution is 2.49. The smallest absolute Gasteiger partial charge is 0.416 e. The van der Waals surface area contributed by atoms with Crippen molar-refractivity contribution in [2.24, 2.45) is 0 Å². The number of benzene rings is 6. The molecule has 0 spiro atoms. The Morgan fingerprint density at radius 1 is 0.449 bits per heavy atom. The Morgan fingerprint density at radius 2 is 0.870 bits per heavy atom. The highest BCUT2D eigenvalue weighted by Gasteiger charge is 2.47. The average molecular weight is 1990 g/mol. The molecular weight excluding hydrogens is 1890 g/mol. The van der Waals surface area contributed by atoms with Gasteiger partial charge < -0.3 is 61.7 Å². The largest absolute Gasteiger partial charge is 0.496 e. The Hall–Kier alpha value is -13.4. The van der Waals surface area contributed by atoms with Crippen LogP contribution in [0.5, 0.6) is 17.2 Å². The van der Waals surface area contributed by atoms with Crippen molar-refractivity contribution in [2.75, 3.05) is 96.6 Å². The molecule has 6 atom stereocenters. The standard InChI is InChI=1S/C35H34F3N3O5S.C34H32F3N3O6.C33H35BrF3N3O5/c1-19-13-23(16-24(14-19)35(36,37)38)31-21(3)41(34(43)46-31)18-27-25(8-10-30(39-27)40-11-6-12-40)26-17-22(7-9-28(26)44-4)32-20(2)15-29(47-32)33(42)45-5;1-19-14-22(16-23(15-19)34(35,36)37)31-20(2)40(33(42)46-31)18-26-24(7-11-30(38-26)39-12-5-13-39)25-17-21(6-8-28(25)43-3)27-9-10-29(45-27)32(41)44-4;1-18-13-22(16-23(14-18)33(35,36)37)30-20(3)40(32(42)45-30)17-25-28(19(2)29(34)31(38-25)39-11-6-12-39)24-15-21(7-9-26(24)43-4)8-10-27(41)44-5/h7-10,13-17,21,31H,6,11-12,18H2,1-5H3;6-11,14-17,20,31H,5,12-13,18H2,1-4H3;7,9,13-16,20,30H,6,8,10-12,17H2,1-5H3/t21-,31-;20-,31-;20-,30-/m000/s1. The maximum atomic E-state index is 13.6. The average Bonchev–Trinajstić information content (AvgIpc) is 1.20. The highest BCUT2D eigenvalue weighted by atomic mass is 79.9. The monoisotopic (exact) mass is 1990 g/mol. The lowest BCUT2D eigenvalue weighted by molar-refractivity contribution is -0.141. The van der Waals surface area contributed by atoms with E-state index in [-0.39, 0.29) is 54.5 Å². The van der Waals surface area contributed by atoms with Gasteiger partial charge in [-0.25, -0.2) is 38.9 Å². The number of hydrogen-bond acceptors (Lipinski definition) is 23. The summed E-state index contributed by atoms with van der Waals surface area (Å²) in [5.74, 6) is 3.16. The third-order valence-electron chi connectivity index (χ3n) is 25.5. The number of thiophene rings is 1.